The maximum Gasteiger partial charge on any atom is 0.416 e. The van der Waals surface area contributed by atoms with Gasteiger partial charge in [-0.15, -0.1) is 12.4 Å². The fourth-order valence-electron chi connectivity index (χ4n) is 1.07. The first-order chi connectivity index (χ1) is 7.84. The Morgan fingerprint density at radius 1 is 1.28 bits per heavy atom. The van der Waals surface area contributed by atoms with E-state index in [-0.39, 0.29) is 18.1 Å². The number of nitrogens with two attached hydrogens (primary N) is 1. The van der Waals surface area contributed by atoms with Crippen LogP contribution >= 0.6 is 12.4 Å². The zero-order valence-corrected chi connectivity index (χ0v) is 10.2. The Morgan fingerprint density at radius 2 is 1.78 bits per heavy atom. The summed E-state index contributed by atoms with van der Waals surface area (Å²) in [5.41, 5.74) is 1.75. The van der Waals surface area contributed by atoms with E-state index in [2.05, 4.69) is 10.7 Å². The highest BCUT2D eigenvalue weighted by Gasteiger charge is 2.30. The molecule has 4 N–H and O–H groups in total. The number of hydrogen-bond acceptors (Lipinski definition) is 3. The van der Waals surface area contributed by atoms with Crippen molar-refractivity contribution in [1.29, 1.82) is 0 Å². The van der Waals surface area contributed by atoms with Gasteiger partial charge in [0.15, 0.2) is 0 Å². The molecular weight excluding hydrogens is 271 g/mol. The number of hydrogen-bond donors (Lipinski definition) is 3. The molecule has 0 radical (unpaired) electrons. The van der Waals surface area contributed by atoms with Crippen molar-refractivity contribution in [2.45, 2.75) is 19.1 Å². The second-order valence-electron chi connectivity index (χ2n) is 3.45. The van der Waals surface area contributed by atoms with Gasteiger partial charge < -0.3 is 5.32 Å². The first-order valence-electron chi connectivity index (χ1n) is 4.79. The summed E-state index contributed by atoms with van der Waals surface area (Å²) < 4.78 is 36.8. The average molecular weight is 284 g/mol. The lowest BCUT2D eigenvalue weighted by molar-refractivity contribution is -0.137. The minimum Gasteiger partial charge on any atom is -0.325 e. The molecule has 0 aliphatic carbocycles. The van der Waals surface area contributed by atoms with Crippen molar-refractivity contribution in [3.63, 3.8) is 0 Å². The molecular formula is C10H13ClF3N3O. The van der Waals surface area contributed by atoms with Crippen molar-refractivity contribution in [2.75, 3.05) is 5.32 Å². The van der Waals surface area contributed by atoms with Crippen LogP contribution in [0.4, 0.5) is 18.9 Å². The summed E-state index contributed by atoms with van der Waals surface area (Å²) in [6.45, 7) is 1.53. The number of carbonyl (C=O) groups is 1. The van der Waals surface area contributed by atoms with Crippen LogP contribution in [0.25, 0.3) is 0 Å². The van der Waals surface area contributed by atoms with E-state index in [0.29, 0.717) is 0 Å². The van der Waals surface area contributed by atoms with Crippen molar-refractivity contribution < 1.29 is 18.0 Å². The number of carbonyl (C=O) groups excluding carboxylic acids is 1. The molecule has 1 atom stereocenters. The van der Waals surface area contributed by atoms with Gasteiger partial charge >= 0.3 is 6.18 Å². The molecule has 0 spiro atoms. The molecule has 1 aromatic rings. The van der Waals surface area contributed by atoms with Gasteiger partial charge in [-0.05, 0) is 31.2 Å². The predicted molar refractivity (Wildman–Crippen MR) is 64.1 cm³/mol. The quantitative estimate of drug-likeness (QED) is 0.586. The summed E-state index contributed by atoms with van der Waals surface area (Å²) in [5, 5.41) is 2.42. The maximum absolute atomic E-state index is 12.3. The lowest BCUT2D eigenvalue weighted by Gasteiger charge is -2.11. The SMILES string of the molecule is CC(NN)C(=O)Nc1ccc(C(F)(F)F)cc1.Cl. The number of amides is 1. The number of halogens is 4. The average Bonchev–Trinajstić information content (AvgIpc) is 2.27. The van der Waals surface area contributed by atoms with Crippen LogP contribution in [0.2, 0.25) is 0 Å². The molecule has 1 unspecified atom stereocenters. The molecule has 1 amide bonds. The standard InChI is InChI=1S/C10H12F3N3O.ClH/c1-6(16-14)9(17)15-8-4-2-7(3-5-8)10(11,12)13;/h2-6,16H,14H2,1H3,(H,15,17);1H. The van der Waals surface area contributed by atoms with Gasteiger partial charge in [0.1, 0.15) is 0 Å². The molecule has 0 bridgehead atoms. The number of rotatable bonds is 3. The zero-order chi connectivity index (χ0) is 13.1. The Hall–Kier alpha value is -1.31. The molecule has 0 heterocycles. The highest BCUT2D eigenvalue weighted by Crippen LogP contribution is 2.29. The van der Waals surface area contributed by atoms with Crippen molar-refractivity contribution in [2.24, 2.45) is 5.84 Å². The Labute approximate surface area is 108 Å². The lowest BCUT2D eigenvalue weighted by Crippen LogP contribution is -2.42. The fraction of sp³-hybridized carbons (Fsp3) is 0.300. The van der Waals surface area contributed by atoms with Gasteiger partial charge in [-0.2, -0.15) is 13.2 Å². The van der Waals surface area contributed by atoms with E-state index >= 15 is 0 Å². The topological polar surface area (TPSA) is 67.1 Å². The molecule has 0 aliphatic rings. The van der Waals surface area contributed by atoms with Crippen molar-refractivity contribution in [1.82, 2.24) is 5.43 Å². The molecule has 8 heteroatoms. The fourth-order valence-corrected chi connectivity index (χ4v) is 1.07. The van der Waals surface area contributed by atoms with Crippen molar-refractivity contribution in [3.05, 3.63) is 29.8 Å². The van der Waals surface area contributed by atoms with Crippen LogP contribution in [0.5, 0.6) is 0 Å². The van der Waals surface area contributed by atoms with Crippen LogP contribution in [0.3, 0.4) is 0 Å². The molecule has 0 saturated heterocycles. The van der Waals surface area contributed by atoms with Crippen LogP contribution in [0, 0.1) is 0 Å². The van der Waals surface area contributed by atoms with Gasteiger partial charge in [-0.25, -0.2) is 5.43 Å². The van der Waals surface area contributed by atoms with Crippen LogP contribution in [-0.4, -0.2) is 11.9 Å². The van der Waals surface area contributed by atoms with E-state index in [4.69, 9.17) is 5.84 Å². The van der Waals surface area contributed by atoms with Gasteiger partial charge in [0, 0.05) is 5.69 Å². The van der Waals surface area contributed by atoms with Gasteiger partial charge in [-0.1, -0.05) is 0 Å². The minimum absolute atomic E-state index is 0. The van der Waals surface area contributed by atoms with Crippen LogP contribution in [0.1, 0.15) is 12.5 Å². The van der Waals surface area contributed by atoms with Gasteiger partial charge in [-0.3, -0.25) is 10.6 Å². The second kappa shape index (κ2) is 6.58. The first-order valence-corrected chi connectivity index (χ1v) is 4.79. The van der Waals surface area contributed by atoms with Gasteiger partial charge in [0.05, 0.1) is 11.6 Å². The molecule has 18 heavy (non-hydrogen) atoms. The molecule has 1 aromatic carbocycles. The minimum atomic E-state index is -4.38. The highest BCUT2D eigenvalue weighted by atomic mass is 35.5. The molecule has 0 fully saturated rings. The third-order valence-electron chi connectivity index (χ3n) is 2.12. The molecule has 0 saturated carbocycles. The van der Waals surface area contributed by atoms with E-state index in [0.717, 1.165) is 12.1 Å². The highest BCUT2D eigenvalue weighted by molar-refractivity contribution is 5.94. The van der Waals surface area contributed by atoms with Crippen LogP contribution in [0.15, 0.2) is 24.3 Å². The predicted octanol–water partition coefficient (Wildman–Crippen LogP) is 1.92. The van der Waals surface area contributed by atoms with Crippen LogP contribution < -0.4 is 16.6 Å². The Bertz CT molecular complexity index is 394. The normalized spacial score (nSPS) is 12.5. The summed E-state index contributed by atoms with van der Waals surface area (Å²) in [4.78, 5) is 11.3. The molecule has 0 aliphatic heterocycles. The van der Waals surface area contributed by atoms with Crippen molar-refractivity contribution in [3.8, 4) is 0 Å². The van der Waals surface area contributed by atoms with Crippen LogP contribution in [-0.2, 0) is 11.0 Å². The summed E-state index contributed by atoms with van der Waals surface area (Å²) in [6.07, 6.45) is -4.38. The number of benzene rings is 1. The first kappa shape index (κ1) is 16.7. The van der Waals surface area contributed by atoms with Crippen molar-refractivity contribution >= 4 is 24.0 Å². The van der Waals surface area contributed by atoms with E-state index in [1.807, 2.05) is 0 Å². The Morgan fingerprint density at radius 3 is 2.17 bits per heavy atom. The van der Waals surface area contributed by atoms with E-state index in [9.17, 15) is 18.0 Å². The Balaban J connectivity index is 0.00000289. The third-order valence-corrected chi connectivity index (χ3v) is 2.12. The molecule has 0 aromatic heterocycles. The third kappa shape index (κ3) is 4.52. The van der Waals surface area contributed by atoms with E-state index in [1.54, 1.807) is 0 Å². The monoisotopic (exact) mass is 283 g/mol. The molecule has 4 nitrogen and oxygen atoms in total. The number of alkyl halides is 3. The number of anilines is 1. The van der Waals surface area contributed by atoms with E-state index in [1.165, 1.54) is 19.1 Å². The second-order valence-corrected chi connectivity index (χ2v) is 3.45. The molecule has 102 valence electrons. The number of nitrogens with one attached hydrogen (secondary N) is 2. The van der Waals surface area contributed by atoms with Gasteiger partial charge in [0.25, 0.3) is 0 Å². The summed E-state index contributed by atoms with van der Waals surface area (Å²) >= 11 is 0. The van der Waals surface area contributed by atoms with Gasteiger partial charge in [0.2, 0.25) is 5.91 Å². The summed E-state index contributed by atoms with van der Waals surface area (Å²) in [7, 11) is 0. The number of hydrazine groups is 1. The molecule has 1 rings (SSSR count). The van der Waals surface area contributed by atoms with E-state index < -0.39 is 23.7 Å². The lowest BCUT2D eigenvalue weighted by atomic mass is 10.2. The largest absolute Gasteiger partial charge is 0.416 e. The summed E-state index contributed by atoms with van der Waals surface area (Å²) in [6, 6.07) is 3.54. The zero-order valence-electron chi connectivity index (χ0n) is 9.41. The smallest absolute Gasteiger partial charge is 0.325 e. The summed E-state index contributed by atoms with van der Waals surface area (Å²) in [5.74, 6) is 4.62. The Kier molecular flexibility index (Phi) is 6.10. The maximum atomic E-state index is 12.3.